The molecule has 0 N–H and O–H groups in total. The smallest absolute Gasteiger partial charge is 0.338 e. The van der Waals surface area contributed by atoms with Gasteiger partial charge in [0.25, 0.3) is 5.56 Å². The zero-order valence-electron chi connectivity index (χ0n) is 19.0. The maximum absolute atomic E-state index is 13.6. The molecular weight excluding hydrogens is 456 g/mol. The Bertz CT molecular complexity index is 1410. The van der Waals surface area contributed by atoms with Crippen LogP contribution in [0.1, 0.15) is 56.3 Å². The Morgan fingerprint density at radius 3 is 2.55 bits per heavy atom. The van der Waals surface area contributed by atoms with E-state index in [2.05, 4.69) is 18.8 Å². The van der Waals surface area contributed by atoms with E-state index in [1.54, 1.807) is 30.6 Å². The van der Waals surface area contributed by atoms with Gasteiger partial charge in [0.15, 0.2) is 4.80 Å². The number of thiazole rings is 1. The molecule has 0 fully saturated rings. The van der Waals surface area contributed by atoms with E-state index < -0.39 is 12.0 Å². The van der Waals surface area contributed by atoms with Gasteiger partial charge < -0.3 is 4.74 Å². The van der Waals surface area contributed by atoms with Crippen LogP contribution in [0, 0.1) is 0 Å². The molecule has 0 radical (unpaired) electrons. The summed E-state index contributed by atoms with van der Waals surface area (Å²) in [6.45, 7) is 8.04. The molecule has 1 aromatic heterocycles. The molecule has 0 saturated carbocycles. The number of esters is 1. The van der Waals surface area contributed by atoms with Gasteiger partial charge in [0, 0.05) is 5.02 Å². The number of benzene rings is 2. The number of hydrogen-bond acceptors (Lipinski definition) is 5. The van der Waals surface area contributed by atoms with E-state index in [9.17, 15) is 9.59 Å². The Kier molecular flexibility index (Phi) is 6.68. The Balaban J connectivity index is 1.95. The molecule has 2 aromatic carbocycles. The number of rotatable bonds is 5. The second-order valence-corrected chi connectivity index (χ2v) is 9.56. The predicted molar refractivity (Wildman–Crippen MR) is 132 cm³/mol. The second kappa shape index (κ2) is 9.49. The molecule has 0 spiro atoms. The number of aromatic nitrogens is 1. The van der Waals surface area contributed by atoms with Gasteiger partial charge in [-0.25, -0.2) is 9.79 Å². The van der Waals surface area contributed by atoms with Gasteiger partial charge in [-0.15, -0.1) is 0 Å². The number of halogens is 1. The quantitative estimate of drug-likeness (QED) is 0.502. The molecule has 5 nitrogen and oxygen atoms in total. The second-order valence-electron chi connectivity index (χ2n) is 8.15. The van der Waals surface area contributed by atoms with E-state index in [1.165, 1.54) is 16.9 Å². The van der Waals surface area contributed by atoms with Crippen molar-refractivity contribution >= 4 is 35.0 Å². The summed E-state index contributed by atoms with van der Waals surface area (Å²) in [6, 6.07) is 14.8. The number of carbonyl (C=O) groups excluding carboxylic acids is 1. The van der Waals surface area contributed by atoms with Crippen molar-refractivity contribution in [2.45, 2.75) is 39.7 Å². The number of fused-ring (bicyclic) bond motifs is 1. The van der Waals surface area contributed by atoms with Crippen molar-refractivity contribution in [2.75, 3.05) is 6.61 Å². The zero-order chi connectivity index (χ0) is 23.7. The first-order valence-corrected chi connectivity index (χ1v) is 12.0. The summed E-state index contributed by atoms with van der Waals surface area (Å²) in [5, 5.41) is 0.563. The van der Waals surface area contributed by atoms with Crippen LogP contribution < -0.4 is 14.9 Å². The summed E-state index contributed by atoms with van der Waals surface area (Å²) >= 11 is 7.60. The fourth-order valence-electron chi connectivity index (χ4n) is 3.90. The van der Waals surface area contributed by atoms with Crippen molar-refractivity contribution in [2.24, 2.45) is 4.99 Å². The van der Waals surface area contributed by atoms with Gasteiger partial charge in [0.05, 0.1) is 28.5 Å². The predicted octanol–water partition coefficient (Wildman–Crippen LogP) is 4.58. The molecule has 170 valence electrons. The third kappa shape index (κ3) is 4.45. The summed E-state index contributed by atoms with van der Waals surface area (Å²) < 4.78 is 7.44. The molecule has 2 heterocycles. The Morgan fingerprint density at radius 2 is 1.91 bits per heavy atom. The van der Waals surface area contributed by atoms with Crippen molar-refractivity contribution in [3.05, 3.63) is 101 Å². The SMILES string of the molecule is CCOC(=O)C1=C(C)N=c2s/c(=C\c3ccccc3Cl)c(=O)n2[C@H]1c1ccc(C(C)C)cc1. The van der Waals surface area contributed by atoms with Crippen LogP contribution in [-0.4, -0.2) is 17.1 Å². The number of allylic oxidation sites excluding steroid dienone is 1. The van der Waals surface area contributed by atoms with Crippen LogP contribution in [0.4, 0.5) is 0 Å². The lowest BCUT2D eigenvalue weighted by Gasteiger charge is -2.25. The van der Waals surface area contributed by atoms with Crippen LogP contribution in [0.3, 0.4) is 0 Å². The van der Waals surface area contributed by atoms with Crippen molar-refractivity contribution in [1.29, 1.82) is 0 Å². The van der Waals surface area contributed by atoms with Crippen molar-refractivity contribution in [1.82, 2.24) is 4.57 Å². The lowest BCUT2D eigenvalue weighted by molar-refractivity contribution is -0.139. The number of hydrogen-bond donors (Lipinski definition) is 0. The van der Waals surface area contributed by atoms with E-state index in [4.69, 9.17) is 16.3 Å². The average Bonchev–Trinajstić information content (AvgIpc) is 3.09. The van der Waals surface area contributed by atoms with Crippen molar-refractivity contribution in [3.8, 4) is 0 Å². The minimum atomic E-state index is -0.616. The van der Waals surface area contributed by atoms with Gasteiger partial charge in [-0.2, -0.15) is 0 Å². The third-order valence-electron chi connectivity index (χ3n) is 5.63. The van der Waals surface area contributed by atoms with Gasteiger partial charge in [-0.1, -0.05) is 79.2 Å². The topological polar surface area (TPSA) is 60.7 Å². The maximum Gasteiger partial charge on any atom is 0.338 e. The Morgan fingerprint density at radius 1 is 1.21 bits per heavy atom. The molecule has 1 aliphatic heterocycles. The highest BCUT2D eigenvalue weighted by atomic mass is 35.5. The van der Waals surface area contributed by atoms with Gasteiger partial charge in [-0.3, -0.25) is 9.36 Å². The Hall–Kier alpha value is -2.96. The first-order chi connectivity index (χ1) is 15.8. The lowest BCUT2D eigenvalue weighted by atomic mass is 9.93. The van der Waals surface area contributed by atoms with Crippen LogP contribution in [0.5, 0.6) is 0 Å². The monoisotopic (exact) mass is 480 g/mol. The molecule has 33 heavy (non-hydrogen) atoms. The fraction of sp³-hybridized carbons (Fsp3) is 0.269. The van der Waals surface area contributed by atoms with Crippen molar-refractivity contribution in [3.63, 3.8) is 0 Å². The van der Waals surface area contributed by atoms with Crippen LogP contribution in [0.15, 0.2) is 69.6 Å². The van der Waals surface area contributed by atoms with Gasteiger partial charge >= 0.3 is 5.97 Å². The molecule has 0 unspecified atom stereocenters. The molecule has 1 atom stereocenters. The van der Waals surface area contributed by atoms with E-state index >= 15 is 0 Å². The molecule has 1 aliphatic rings. The van der Waals surface area contributed by atoms with Crippen LogP contribution in [0.25, 0.3) is 6.08 Å². The summed E-state index contributed by atoms with van der Waals surface area (Å²) in [7, 11) is 0. The average molecular weight is 481 g/mol. The van der Waals surface area contributed by atoms with E-state index in [0.29, 0.717) is 31.5 Å². The molecule has 0 saturated heterocycles. The summed E-state index contributed by atoms with van der Waals surface area (Å²) in [6.07, 6.45) is 1.77. The molecule has 0 bridgehead atoms. The normalized spacial score (nSPS) is 16.1. The number of carbonyl (C=O) groups is 1. The fourth-order valence-corrected chi connectivity index (χ4v) is 5.13. The largest absolute Gasteiger partial charge is 0.463 e. The number of nitrogens with zero attached hydrogens (tertiary/aromatic N) is 2. The highest BCUT2D eigenvalue weighted by Crippen LogP contribution is 2.31. The van der Waals surface area contributed by atoms with Crippen LogP contribution >= 0.6 is 22.9 Å². The van der Waals surface area contributed by atoms with E-state index in [0.717, 1.165) is 11.1 Å². The maximum atomic E-state index is 13.6. The van der Waals surface area contributed by atoms with Gasteiger partial charge in [-0.05, 0) is 48.6 Å². The first-order valence-electron chi connectivity index (χ1n) is 10.9. The minimum absolute atomic E-state index is 0.217. The summed E-state index contributed by atoms with van der Waals surface area (Å²) in [5.74, 6) is -0.0875. The van der Waals surface area contributed by atoms with Crippen LogP contribution in [-0.2, 0) is 9.53 Å². The molecular formula is C26H25ClN2O3S. The van der Waals surface area contributed by atoms with E-state index in [1.807, 2.05) is 42.5 Å². The lowest BCUT2D eigenvalue weighted by Crippen LogP contribution is -2.39. The van der Waals surface area contributed by atoms with Crippen molar-refractivity contribution < 1.29 is 9.53 Å². The molecule has 0 amide bonds. The highest BCUT2D eigenvalue weighted by molar-refractivity contribution is 7.07. The van der Waals surface area contributed by atoms with Gasteiger partial charge in [0.2, 0.25) is 0 Å². The minimum Gasteiger partial charge on any atom is -0.463 e. The highest BCUT2D eigenvalue weighted by Gasteiger charge is 2.33. The molecule has 0 aliphatic carbocycles. The molecule has 3 aromatic rings. The van der Waals surface area contributed by atoms with Gasteiger partial charge in [0.1, 0.15) is 0 Å². The standard InChI is InChI=1S/C26H25ClN2O3S/c1-5-32-25(31)22-16(4)28-26-29(23(22)18-12-10-17(11-13-18)15(2)3)24(30)21(33-26)14-19-8-6-7-9-20(19)27/h6-15,23H,5H2,1-4H3/b21-14-/t23-/m0/s1. The van der Waals surface area contributed by atoms with E-state index in [-0.39, 0.29) is 12.2 Å². The number of ether oxygens (including phenoxy) is 1. The zero-order valence-corrected chi connectivity index (χ0v) is 20.5. The molecule has 4 rings (SSSR count). The Labute approximate surface area is 201 Å². The molecule has 7 heteroatoms. The van der Waals surface area contributed by atoms with Crippen LogP contribution in [0.2, 0.25) is 5.02 Å². The summed E-state index contributed by atoms with van der Waals surface area (Å²) in [4.78, 5) is 31.7. The first kappa shape index (κ1) is 23.2. The summed E-state index contributed by atoms with van der Waals surface area (Å²) in [5.41, 5.74) is 3.49. The third-order valence-corrected chi connectivity index (χ3v) is 6.95.